The Hall–Kier alpha value is -3.78. The van der Waals surface area contributed by atoms with Crippen molar-refractivity contribution >= 4 is 23.4 Å². The number of amides is 1. The van der Waals surface area contributed by atoms with Gasteiger partial charge in [-0.2, -0.15) is 0 Å². The molecule has 1 amide bonds. The van der Waals surface area contributed by atoms with Crippen molar-refractivity contribution < 1.29 is 38.1 Å². The molecule has 0 radical (unpaired) electrons. The molecule has 0 saturated carbocycles. The molecule has 3 aliphatic rings. The Morgan fingerprint density at radius 2 is 1.84 bits per heavy atom. The van der Waals surface area contributed by atoms with Gasteiger partial charge in [0, 0.05) is 57.2 Å². The Balaban J connectivity index is 2.19. The molecule has 0 aromatic heterocycles. The number of carbonyl (C=O) groups excluding carboxylic acids is 4. The Labute approximate surface area is 260 Å². The molecule has 3 rings (SSSR count). The topological polar surface area (TPSA) is 129 Å². The van der Waals surface area contributed by atoms with E-state index in [1.165, 1.54) is 20.1 Å². The predicted molar refractivity (Wildman–Crippen MR) is 165 cm³/mol. The maximum Gasteiger partial charge on any atom is 0.303 e. The summed E-state index contributed by atoms with van der Waals surface area (Å²) in [6.07, 6.45) is 7.01. The van der Waals surface area contributed by atoms with Crippen LogP contribution in [0.3, 0.4) is 0 Å². The lowest BCUT2D eigenvalue weighted by Crippen LogP contribution is -2.39. The van der Waals surface area contributed by atoms with Crippen molar-refractivity contribution in [3.05, 3.63) is 58.5 Å². The molecule has 0 fully saturated rings. The van der Waals surface area contributed by atoms with Crippen molar-refractivity contribution in [2.75, 3.05) is 27.4 Å². The summed E-state index contributed by atoms with van der Waals surface area (Å²) in [5.74, 6) is 4.00. The number of allylic oxidation sites excluding steroid dienone is 4. The van der Waals surface area contributed by atoms with Crippen molar-refractivity contribution in [1.29, 1.82) is 0 Å². The zero-order valence-electron chi connectivity index (χ0n) is 26.7. The predicted octanol–water partition coefficient (Wildman–Crippen LogP) is 3.25. The van der Waals surface area contributed by atoms with Crippen LogP contribution in [0.2, 0.25) is 0 Å². The summed E-state index contributed by atoms with van der Waals surface area (Å²) in [5.41, 5.74) is 1.51. The molecule has 0 aromatic rings. The molecule has 2 N–H and O–H groups in total. The molecule has 6 atom stereocenters. The zero-order chi connectivity index (χ0) is 32.4. The van der Waals surface area contributed by atoms with Crippen LogP contribution in [0.4, 0.5) is 0 Å². The maximum atomic E-state index is 13.7. The van der Waals surface area contributed by atoms with E-state index in [-0.39, 0.29) is 42.0 Å². The van der Waals surface area contributed by atoms with Crippen LogP contribution in [0, 0.1) is 23.7 Å². The number of nitrogens with one attached hydrogen (secondary N) is 2. The molecule has 0 unspecified atom stereocenters. The van der Waals surface area contributed by atoms with Crippen molar-refractivity contribution in [3.8, 4) is 11.8 Å². The van der Waals surface area contributed by atoms with Gasteiger partial charge in [-0.05, 0) is 38.2 Å². The normalized spacial score (nSPS) is 32.3. The van der Waals surface area contributed by atoms with E-state index in [0.29, 0.717) is 30.5 Å². The fourth-order valence-electron chi connectivity index (χ4n) is 5.60. The van der Waals surface area contributed by atoms with Crippen LogP contribution in [0.5, 0.6) is 0 Å². The summed E-state index contributed by atoms with van der Waals surface area (Å²) in [5, 5.41) is 5.73. The number of ether oxygens (including phenoxy) is 4. The number of fused-ring (bicyclic) bond motifs is 5. The van der Waals surface area contributed by atoms with Gasteiger partial charge in [0.25, 0.3) is 5.91 Å². The second-order valence-corrected chi connectivity index (χ2v) is 11.4. The lowest BCUT2D eigenvalue weighted by atomic mass is 9.85. The number of rotatable bonds is 3. The quantitative estimate of drug-likeness (QED) is 0.215. The molecule has 2 aliphatic heterocycles. The highest BCUT2D eigenvalue weighted by molar-refractivity contribution is 6.23. The van der Waals surface area contributed by atoms with Gasteiger partial charge in [0.2, 0.25) is 11.6 Å². The average Bonchev–Trinajstić information content (AvgIpc) is 2.97. The van der Waals surface area contributed by atoms with Crippen LogP contribution in [0.1, 0.15) is 53.9 Å². The van der Waals surface area contributed by atoms with Crippen LogP contribution in [-0.4, -0.2) is 75.2 Å². The summed E-state index contributed by atoms with van der Waals surface area (Å²) in [7, 11) is 3.12. The Morgan fingerprint density at radius 1 is 1.09 bits per heavy atom. The molecular formula is C34H44N2O8. The van der Waals surface area contributed by atoms with E-state index in [0.717, 1.165) is 5.57 Å². The number of Topliss-reactive ketones (excluding diaryl/α,β-unsaturated/α-hetero) is 1. The Bertz CT molecular complexity index is 1340. The second-order valence-electron chi connectivity index (χ2n) is 11.4. The summed E-state index contributed by atoms with van der Waals surface area (Å²) < 4.78 is 23.7. The van der Waals surface area contributed by atoms with E-state index in [1.54, 1.807) is 32.3 Å². The van der Waals surface area contributed by atoms with Gasteiger partial charge < -0.3 is 29.6 Å². The minimum Gasteiger partial charge on any atom is -0.455 e. The highest BCUT2D eigenvalue weighted by Gasteiger charge is 2.34. The van der Waals surface area contributed by atoms with Gasteiger partial charge in [0.05, 0.1) is 23.6 Å². The van der Waals surface area contributed by atoms with Crippen LogP contribution in [0.15, 0.2) is 58.5 Å². The van der Waals surface area contributed by atoms with E-state index < -0.39 is 42.1 Å². The van der Waals surface area contributed by atoms with Gasteiger partial charge >= 0.3 is 5.97 Å². The van der Waals surface area contributed by atoms with Gasteiger partial charge in [0.15, 0.2) is 6.10 Å². The van der Waals surface area contributed by atoms with Crippen LogP contribution < -0.4 is 10.6 Å². The summed E-state index contributed by atoms with van der Waals surface area (Å²) >= 11 is 0. The van der Waals surface area contributed by atoms with Gasteiger partial charge in [-0.15, -0.1) is 0 Å². The molecule has 1 aliphatic carbocycles. The summed E-state index contributed by atoms with van der Waals surface area (Å²) in [6, 6.07) is 0. The largest absolute Gasteiger partial charge is 0.455 e. The van der Waals surface area contributed by atoms with E-state index in [4.69, 9.17) is 18.9 Å². The van der Waals surface area contributed by atoms with Crippen molar-refractivity contribution in [2.24, 2.45) is 11.8 Å². The number of carbonyl (C=O) groups is 4. The standard InChI is InChI=1S/C34H44N2O8/c1-20-16-25-30-27(38)19-26(31(25)39)36-34(40)21(2)12-11-13-28(41-6)33(44-24(5)37)23(4)18-22(3)32(29(17-20)42-7)43-15-10-8-9-14-35-30/h11-13,18-20,22,28-29,32-33,35H,9,14-17H2,1-7H3,(H,36,40)/b13-11-,21-12+,23-18+/t20-,22+,28+,29+,32-,33+/m1/s1. The lowest BCUT2D eigenvalue weighted by Gasteiger charge is -2.32. The molecule has 2 heterocycles. The van der Waals surface area contributed by atoms with E-state index >= 15 is 0 Å². The Morgan fingerprint density at radius 3 is 2.52 bits per heavy atom. The molecule has 44 heavy (non-hydrogen) atoms. The van der Waals surface area contributed by atoms with Crippen molar-refractivity contribution in [2.45, 2.75) is 78.3 Å². The highest BCUT2D eigenvalue weighted by Crippen LogP contribution is 2.30. The SMILES string of the molecule is CO[C@H]1/C=C\C=C(/C)C(=O)NC2=CC(=O)C3=C(C[C@@H](C)C[C@H](OC)[C@H](OCC#CCCN3)[C@@H](C)/C=C(\C)[C@@H]1OC(C)=O)C2=O. The first kappa shape index (κ1) is 34.7. The second kappa shape index (κ2) is 16.3. The van der Waals surface area contributed by atoms with E-state index in [1.807, 2.05) is 26.8 Å². The number of hydrogen-bond donors (Lipinski definition) is 2. The van der Waals surface area contributed by atoms with Gasteiger partial charge in [-0.3, -0.25) is 19.2 Å². The third-order valence-corrected chi connectivity index (χ3v) is 7.83. The first-order valence-corrected chi connectivity index (χ1v) is 14.9. The third kappa shape index (κ3) is 9.11. The molecule has 3 bridgehead atoms. The first-order valence-electron chi connectivity index (χ1n) is 14.9. The fourth-order valence-corrected chi connectivity index (χ4v) is 5.60. The number of ketones is 2. The summed E-state index contributed by atoms with van der Waals surface area (Å²) in [4.78, 5) is 52.1. The number of methoxy groups -OCH3 is 2. The monoisotopic (exact) mass is 608 g/mol. The van der Waals surface area contributed by atoms with Crippen LogP contribution in [-0.2, 0) is 38.1 Å². The third-order valence-electron chi connectivity index (χ3n) is 7.83. The van der Waals surface area contributed by atoms with Crippen LogP contribution in [0.25, 0.3) is 0 Å². The zero-order valence-corrected chi connectivity index (χ0v) is 26.7. The molecule has 10 nitrogen and oxygen atoms in total. The van der Waals surface area contributed by atoms with Gasteiger partial charge in [0.1, 0.15) is 12.7 Å². The van der Waals surface area contributed by atoms with Gasteiger partial charge in [-0.25, -0.2) is 0 Å². The Kier molecular flexibility index (Phi) is 12.9. The minimum absolute atomic E-state index is 0.0778. The first-order chi connectivity index (χ1) is 21.0. The fraction of sp³-hybridized carbons (Fsp3) is 0.529. The van der Waals surface area contributed by atoms with Gasteiger partial charge in [-0.1, -0.05) is 50.0 Å². The van der Waals surface area contributed by atoms with Crippen molar-refractivity contribution in [3.63, 3.8) is 0 Å². The number of esters is 1. The summed E-state index contributed by atoms with van der Waals surface area (Å²) in [6.45, 7) is 9.33. The van der Waals surface area contributed by atoms with E-state index in [2.05, 4.69) is 22.5 Å². The molecule has 238 valence electrons. The molecule has 0 aromatic carbocycles. The molecular weight excluding hydrogens is 564 g/mol. The number of hydrogen-bond acceptors (Lipinski definition) is 9. The lowest BCUT2D eigenvalue weighted by molar-refractivity contribution is -0.149. The highest BCUT2D eigenvalue weighted by atomic mass is 16.6. The van der Waals surface area contributed by atoms with Crippen LogP contribution >= 0.6 is 0 Å². The molecule has 0 spiro atoms. The van der Waals surface area contributed by atoms with E-state index in [9.17, 15) is 19.2 Å². The maximum absolute atomic E-state index is 13.7. The molecule has 10 heteroatoms. The molecule has 0 saturated heterocycles. The smallest absolute Gasteiger partial charge is 0.303 e. The minimum atomic E-state index is -0.745. The van der Waals surface area contributed by atoms with Crippen molar-refractivity contribution in [1.82, 2.24) is 10.6 Å². The average molecular weight is 609 g/mol.